The van der Waals surface area contributed by atoms with Gasteiger partial charge in [0.2, 0.25) is 5.91 Å². The Morgan fingerprint density at radius 3 is 2.11 bits per heavy atom. The van der Waals surface area contributed by atoms with Crippen molar-refractivity contribution in [1.82, 2.24) is 15.5 Å². The number of amides is 4. The summed E-state index contributed by atoms with van der Waals surface area (Å²) < 4.78 is 4.99. The number of methoxy groups -OCH3 is 1. The Morgan fingerprint density at radius 1 is 1.07 bits per heavy atom. The average molecular weight is 381 g/mol. The van der Waals surface area contributed by atoms with E-state index in [4.69, 9.17) is 4.74 Å². The molecule has 1 fully saturated rings. The highest BCUT2D eigenvalue weighted by atomic mass is 16.5. The maximum absolute atomic E-state index is 13.4. The molecule has 0 saturated carbocycles. The van der Waals surface area contributed by atoms with Gasteiger partial charge in [-0.2, -0.15) is 0 Å². The number of hydrogen-bond acceptors (Lipinski definition) is 4. The molecule has 1 saturated heterocycles. The smallest absolute Gasteiger partial charge is 0.326 e. The second kappa shape index (κ2) is 8.22. The molecule has 4 amide bonds. The lowest BCUT2D eigenvalue weighted by atomic mass is 9.82. The van der Waals surface area contributed by atoms with Crippen molar-refractivity contribution in [3.8, 4) is 0 Å². The fourth-order valence-electron chi connectivity index (χ4n) is 3.41. The zero-order chi connectivity index (χ0) is 20.1. The summed E-state index contributed by atoms with van der Waals surface area (Å²) in [6, 6.07) is 17.2. The average Bonchev–Trinajstić information content (AvgIpc) is 2.95. The number of imide groups is 1. The molecule has 7 heteroatoms. The number of ether oxygens (including phenoxy) is 1. The molecule has 0 radical (unpaired) electrons. The summed E-state index contributed by atoms with van der Waals surface area (Å²) in [4.78, 5) is 39.4. The van der Waals surface area contributed by atoms with E-state index in [-0.39, 0.29) is 12.6 Å². The Morgan fingerprint density at radius 2 is 1.61 bits per heavy atom. The van der Waals surface area contributed by atoms with Crippen LogP contribution in [0.1, 0.15) is 18.1 Å². The monoisotopic (exact) mass is 381 g/mol. The summed E-state index contributed by atoms with van der Waals surface area (Å²) in [5.41, 5.74) is -0.0942. The van der Waals surface area contributed by atoms with Crippen LogP contribution in [0.5, 0.6) is 0 Å². The highest BCUT2D eigenvalue weighted by Crippen LogP contribution is 2.35. The number of urea groups is 1. The van der Waals surface area contributed by atoms with Crippen molar-refractivity contribution < 1.29 is 19.1 Å². The molecule has 2 N–H and O–H groups in total. The predicted molar refractivity (Wildman–Crippen MR) is 103 cm³/mol. The van der Waals surface area contributed by atoms with Crippen molar-refractivity contribution in [2.75, 3.05) is 20.3 Å². The van der Waals surface area contributed by atoms with Crippen molar-refractivity contribution in [2.24, 2.45) is 0 Å². The van der Waals surface area contributed by atoms with Gasteiger partial charge in [-0.25, -0.2) is 4.79 Å². The van der Waals surface area contributed by atoms with E-state index in [9.17, 15) is 14.4 Å². The van der Waals surface area contributed by atoms with Crippen molar-refractivity contribution in [2.45, 2.75) is 18.5 Å². The Bertz CT molecular complexity index is 815. The molecule has 1 heterocycles. The molecule has 2 aromatic rings. The molecule has 1 aliphatic heterocycles. The SMILES string of the molecule is COCC(C)NC(=O)CN1C(=O)NC(c2ccccc2)(c2ccccc2)C1=O. The summed E-state index contributed by atoms with van der Waals surface area (Å²) in [6.45, 7) is 1.76. The Hall–Kier alpha value is -3.19. The topological polar surface area (TPSA) is 87.7 Å². The van der Waals surface area contributed by atoms with Gasteiger partial charge in [0.25, 0.3) is 5.91 Å². The third kappa shape index (κ3) is 3.61. The van der Waals surface area contributed by atoms with E-state index in [0.717, 1.165) is 4.90 Å². The van der Waals surface area contributed by atoms with Crippen LogP contribution in [0.2, 0.25) is 0 Å². The minimum Gasteiger partial charge on any atom is -0.383 e. The third-order valence-corrected chi connectivity index (χ3v) is 4.64. The number of carbonyl (C=O) groups excluding carboxylic acids is 3. The molecule has 3 rings (SSSR count). The first-order valence-electron chi connectivity index (χ1n) is 9.02. The highest BCUT2D eigenvalue weighted by molar-refractivity contribution is 6.11. The van der Waals surface area contributed by atoms with E-state index in [2.05, 4.69) is 10.6 Å². The molecular formula is C21H23N3O4. The maximum atomic E-state index is 13.4. The molecule has 0 spiro atoms. The zero-order valence-electron chi connectivity index (χ0n) is 15.8. The van der Waals surface area contributed by atoms with Crippen LogP contribution in [0.3, 0.4) is 0 Å². The van der Waals surface area contributed by atoms with Crippen molar-refractivity contribution in [3.05, 3.63) is 71.8 Å². The number of nitrogens with one attached hydrogen (secondary N) is 2. The van der Waals surface area contributed by atoms with E-state index in [1.54, 1.807) is 55.5 Å². The Balaban J connectivity index is 1.92. The molecule has 1 aliphatic rings. The lowest BCUT2D eigenvalue weighted by molar-refractivity contribution is -0.134. The summed E-state index contributed by atoms with van der Waals surface area (Å²) in [5, 5.41) is 5.53. The van der Waals surface area contributed by atoms with Gasteiger partial charge in [0.15, 0.2) is 5.54 Å². The number of hydrogen-bond donors (Lipinski definition) is 2. The molecule has 146 valence electrons. The van der Waals surface area contributed by atoms with Crippen LogP contribution in [-0.4, -0.2) is 49.0 Å². The number of rotatable bonds is 7. The Kier molecular flexibility index (Phi) is 5.75. The van der Waals surface area contributed by atoms with Gasteiger partial charge in [0.05, 0.1) is 6.61 Å². The van der Waals surface area contributed by atoms with E-state index in [1.807, 2.05) is 12.1 Å². The van der Waals surface area contributed by atoms with Crippen LogP contribution < -0.4 is 10.6 Å². The van der Waals surface area contributed by atoms with E-state index in [0.29, 0.717) is 17.7 Å². The maximum Gasteiger partial charge on any atom is 0.326 e. The first-order chi connectivity index (χ1) is 13.5. The second-order valence-electron chi connectivity index (χ2n) is 6.73. The summed E-state index contributed by atoms with van der Waals surface area (Å²) in [7, 11) is 1.54. The minimum absolute atomic E-state index is 0.230. The molecule has 28 heavy (non-hydrogen) atoms. The normalized spacial score (nSPS) is 16.6. The Labute approximate surface area is 163 Å². The van der Waals surface area contributed by atoms with Gasteiger partial charge in [-0.15, -0.1) is 0 Å². The summed E-state index contributed by atoms with van der Waals surface area (Å²) in [5.74, 6) is -0.908. The number of benzene rings is 2. The van der Waals surface area contributed by atoms with Crippen LogP contribution >= 0.6 is 0 Å². The van der Waals surface area contributed by atoms with Crippen molar-refractivity contribution in [3.63, 3.8) is 0 Å². The molecule has 0 bridgehead atoms. The molecular weight excluding hydrogens is 358 g/mol. The van der Waals surface area contributed by atoms with Gasteiger partial charge in [-0.1, -0.05) is 60.7 Å². The molecule has 1 atom stereocenters. The largest absolute Gasteiger partial charge is 0.383 e. The third-order valence-electron chi connectivity index (χ3n) is 4.64. The van der Waals surface area contributed by atoms with Gasteiger partial charge >= 0.3 is 6.03 Å². The fraction of sp³-hybridized carbons (Fsp3) is 0.286. The summed E-state index contributed by atoms with van der Waals surface area (Å²) >= 11 is 0. The first-order valence-corrected chi connectivity index (χ1v) is 9.02. The van der Waals surface area contributed by atoms with Gasteiger partial charge in [0, 0.05) is 13.2 Å². The predicted octanol–water partition coefficient (Wildman–Crippen LogP) is 1.63. The van der Waals surface area contributed by atoms with Crippen molar-refractivity contribution in [1.29, 1.82) is 0 Å². The molecule has 0 aromatic heterocycles. The molecule has 0 aliphatic carbocycles. The molecule has 2 aromatic carbocycles. The van der Waals surface area contributed by atoms with Crippen molar-refractivity contribution >= 4 is 17.8 Å². The van der Waals surface area contributed by atoms with Crippen LogP contribution in [0.15, 0.2) is 60.7 Å². The quantitative estimate of drug-likeness (QED) is 0.714. The molecule has 7 nitrogen and oxygen atoms in total. The fourth-order valence-corrected chi connectivity index (χ4v) is 3.41. The first kappa shape index (κ1) is 19.6. The van der Waals surface area contributed by atoms with E-state index in [1.165, 1.54) is 7.11 Å². The standard InChI is InChI=1S/C21H23N3O4/c1-15(14-28-2)22-18(25)13-24-19(26)21(23-20(24)27,16-9-5-3-6-10-16)17-11-7-4-8-12-17/h3-12,15H,13-14H2,1-2H3,(H,22,25)(H,23,27). The van der Waals surface area contributed by atoms with Gasteiger partial charge in [-0.05, 0) is 18.1 Å². The van der Waals surface area contributed by atoms with E-state index >= 15 is 0 Å². The number of nitrogens with zero attached hydrogens (tertiary/aromatic N) is 1. The minimum atomic E-state index is -1.36. The number of carbonyl (C=O) groups is 3. The second-order valence-corrected chi connectivity index (χ2v) is 6.73. The van der Waals surface area contributed by atoms with Gasteiger partial charge in [0.1, 0.15) is 6.54 Å². The van der Waals surface area contributed by atoms with Crippen LogP contribution in [0, 0.1) is 0 Å². The van der Waals surface area contributed by atoms with Gasteiger partial charge < -0.3 is 15.4 Å². The molecule has 1 unspecified atom stereocenters. The summed E-state index contributed by atoms with van der Waals surface area (Å²) in [6.07, 6.45) is 0. The lowest BCUT2D eigenvalue weighted by Gasteiger charge is -2.28. The van der Waals surface area contributed by atoms with Crippen LogP contribution in [0.4, 0.5) is 4.79 Å². The van der Waals surface area contributed by atoms with Crippen LogP contribution in [0.25, 0.3) is 0 Å². The van der Waals surface area contributed by atoms with Crippen LogP contribution in [-0.2, 0) is 19.9 Å². The van der Waals surface area contributed by atoms with E-state index < -0.39 is 23.4 Å². The lowest BCUT2D eigenvalue weighted by Crippen LogP contribution is -2.47. The zero-order valence-corrected chi connectivity index (χ0v) is 15.8. The highest BCUT2D eigenvalue weighted by Gasteiger charge is 2.54. The van der Waals surface area contributed by atoms with Gasteiger partial charge in [-0.3, -0.25) is 14.5 Å².